The molecule has 0 aliphatic carbocycles. The average Bonchev–Trinajstić information content (AvgIpc) is 2.92. The number of aromatic nitrogens is 1. The smallest absolute Gasteiger partial charge is 0.227 e. The summed E-state index contributed by atoms with van der Waals surface area (Å²) in [6.07, 6.45) is 3.82. The van der Waals surface area contributed by atoms with E-state index in [2.05, 4.69) is 22.5 Å². The van der Waals surface area contributed by atoms with Gasteiger partial charge in [-0.15, -0.1) is 11.3 Å². The van der Waals surface area contributed by atoms with Gasteiger partial charge in [-0.05, 0) is 25.8 Å². The second kappa shape index (κ2) is 6.29. The van der Waals surface area contributed by atoms with Gasteiger partial charge in [0.15, 0.2) is 0 Å². The molecule has 1 aromatic rings. The van der Waals surface area contributed by atoms with Gasteiger partial charge in [-0.25, -0.2) is 4.98 Å². The van der Waals surface area contributed by atoms with E-state index in [9.17, 15) is 4.79 Å². The number of amides is 1. The van der Waals surface area contributed by atoms with E-state index in [1.54, 1.807) is 11.3 Å². The summed E-state index contributed by atoms with van der Waals surface area (Å²) in [5, 5.41) is 8.44. The third-order valence-electron chi connectivity index (χ3n) is 3.78. The molecule has 18 heavy (non-hydrogen) atoms. The van der Waals surface area contributed by atoms with Gasteiger partial charge in [0.25, 0.3) is 0 Å². The minimum Gasteiger partial charge on any atom is -0.355 e. The van der Waals surface area contributed by atoms with Gasteiger partial charge in [-0.1, -0.05) is 6.92 Å². The Morgan fingerprint density at radius 1 is 1.67 bits per heavy atom. The lowest BCUT2D eigenvalue weighted by Crippen LogP contribution is -2.50. The number of piperidine rings is 1. The second-order valence-electron chi connectivity index (χ2n) is 4.90. The Morgan fingerprint density at radius 3 is 3.17 bits per heavy atom. The van der Waals surface area contributed by atoms with Crippen LogP contribution in [0.4, 0.5) is 0 Å². The molecule has 0 saturated carbocycles. The maximum Gasteiger partial charge on any atom is 0.227 e. The van der Waals surface area contributed by atoms with Gasteiger partial charge in [0.05, 0.1) is 16.6 Å². The minimum atomic E-state index is -0.194. The van der Waals surface area contributed by atoms with Gasteiger partial charge < -0.3 is 10.6 Å². The zero-order valence-corrected chi connectivity index (χ0v) is 11.7. The number of thiazole rings is 1. The van der Waals surface area contributed by atoms with Crippen LogP contribution in [0.1, 0.15) is 31.9 Å². The molecule has 0 radical (unpaired) electrons. The summed E-state index contributed by atoms with van der Waals surface area (Å²) in [5.74, 6) is 0.201. The SMILES string of the molecule is CCC1(C(=O)NCCc2cscn2)CCCNC1. The lowest BCUT2D eigenvalue weighted by Gasteiger charge is -2.35. The van der Waals surface area contributed by atoms with Crippen LogP contribution in [0.3, 0.4) is 0 Å². The maximum absolute atomic E-state index is 12.3. The molecule has 2 rings (SSSR count). The molecule has 2 N–H and O–H groups in total. The highest BCUT2D eigenvalue weighted by Crippen LogP contribution is 2.30. The molecule has 1 amide bonds. The third kappa shape index (κ3) is 3.09. The van der Waals surface area contributed by atoms with E-state index in [-0.39, 0.29) is 11.3 Å². The van der Waals surface area contributed by atoms with Crippen molar-refractivity contribution in [3.8, 4) is 0 Å². The van der Waals surface area contributed by atoms with Gasteiger partial charge in [0.1, 0.15) is 0 Å². The van der Waals surface area contributed by atoms with Crippen LogP contribution in [-0.2, 0) is 11.2 Å². The van der Waals surface area contributed by atoms with Crippen LogP contribution >= 0.6 is 11.3 Å². The van der Waals surface area contributed by atoms with Crippen LogP contribution in [0.25, 0.3) is 0 Å². The average molecular weight is 267 g/mol. The van der Waals surface area contributed by atoms with E-state index in [1.807, 2.05) is 10.9 Å². The number of hydrogen-bond acceptors (Lipinski definition) is 4. The van der Waals surface area contributed by atoms with Crippen LogP contribution in [0.15, 0.2) is 10.9 Å². The fourth-order valence-corrected chi connectivity index (χ4v) is 3.07. The zero-order chi connectivity index (χ0) is 12.8. The molecule has 0 bridgehead atoms. The van der Waals surface area contributed by atoms with Gasteiger partial charge in [0, 0.05) is 24.9 Å². The topological polar surface area (TPSA) is 54.0 Å². The molecule has 0 aromatic carbocycles. The summed E-state index contributed by atoms with van der Waals surface area (Å²) in [6, 6.07) is 0. The van der Waals surface area contributed by atoms with Crippen molar-refractivity contribution in [2.75, 3.05) is 19.6 Å². The van der Waals surface area contributed by atoms with Crippen molar-refractivity contribution >= 4 is 17.2 Å². The van der Waals surface area contributed by atoms with E-state index < -0.39 is 0 Å². The van der Waals surface area contributed by atoms with Crippen molar-refractivity contribution in [1.29, 1.82) is 0 Å². The predicted octanol–water partition coefficient (Wildman–Crippen LogP) is 1.58. The van der Waals surface area contributed by atoms with Gasteiger partial charge in [0.2, 0.25) is 5.91 Å². The first kappa shape index (κ1) is 13.5. The Kier molecular flexibility index (Phi) is 4.72. The molecule has 4 nitrogen and oxygen atoms in total. The highest BCUT2D eigenvalue weighted by atomic mass is 32.1. The van der Waals surface area contributed by atoms with Crippen LogP contribution in [0.2, 0.25) is 0 Å². The highest BCUT2D eigenvalue weighted by molar-refractivity contribution is 7.07. The normalized spacial score (nSPS) is 23.8. The lowest BCUT2D eigenvalue weighted by atomic mass is 9.77. The Balaban J connectivity index is 1.82. The number of carbonyl (C=O) groups excluding carboxylic acids is 1. The van der Waals surface area contributed by atoms with Crippen LogP contribution in [0, 0.1) is 5.41 Å². The van der Waals surface area contributed by atoms with E-state index >= 15 is 0 Å². The largest absolute Gasteiger partial charge is 0.355 e. The van der Waals surface area contributed by atoms with Gasteiger partial charge >= 0.3 is 0 Å². The van der Waals surface area contributed by atoms with Crippen molar-refractivity contribution in [2.45, 2.75) is 32.6 Å². The molecule has 1 saturated heterocycles. The predicted molar refractivity (Wildman–Crippen MR) is 73.7 cm³/mol. The molecule has 1 aliphatic rings. The monoisotopic (exact) mass is 267 g/mol. The van der Waals surface area contributed by atoms with E-state index in [0.29, 0.717) is 6.54 Å². The number of hydrogen-bond donors (Lipinski definition) is 2. The summed E-state index contributed by atoms with van der Waals surface area (Å²) < 4.78 is 0. The molecular formula is C13H21N3OS. The Hall–Kier alpha value is -0.940. The van der Waals surface area contributed by atoms with E-state index in [0.717, 1.165) is 44.5 Å². The summed E-state index contributed by atoms with van der Waals surface area (Å²) in [5.41, 5.74) is 2.70. The van der Waals surface area contributed by atoms with E-state index in [4.69, 9.17) is 0 Å². The summed E-state index contributed by atoms with van der Waals surface area (Å²) in [4.78, 5) is 16.5. The summed E-state index contributed by atoms with van der Waals surface area (Å²) in [6.45, 7) is 4.64. The molecule has 1 aliphatic heterocycles. The summed E-state index contributed by atoms with van der Waals surface area (Å²) in [7, 11) is 0. The fraction of sp³-hybridized carbons (Fsp3) is 0.692. The minimum absolute atomic E-state index is 0.194. The van der Waals surface area contributed by atoms with Crippen LogP contribution < -0.4 is 10.6 Å². The Bertz CT molecular complexity index is 372. The quantitative estimate of drug-likeness (QED) is 0.851. The number of rotatable bonds is 5. The van der Waals surface area contributed by atoms with Crippen molar-refractivity contribution in [3.63, 3.8) is 0 Å². The Labute approximate surface area is 112 Å². The van der Waals surface area contributed by atoms with Crippen molar-refractivity contribution < 1.29 is 4.79 Å². The van der Waals surface area contributed by atoms with Gasteiger partial charge in [-0.3, -0.25) is 4.79 Å². The highest BCUT2D eigenvalue weighted by Gasteiger charge is 2.37. The maximum atomic E-state index is 12.3. The number of nitrogens with one attached hydrogen (secondary N) is 2. The van der Waals surface area contributed by atoms with Crippen molar-refractivity contribution in [2.24, 2.45) is 5.41 Å². The lowest BCUT2D eigenvalue weighted by molar-refractivity contribution is -0.132. The van der Waals surface area contributed by atoms with Crippen LogP contribution in [-0.4, -0.2) is 30.5 Å². The van der Waals surface area contributed by atoms with Crippen molar-refractivity contribution in [3.05, 3.63) is 16.6 Å². The molecule has 1 atom stereocenters. The molecular weight excluding hydrogens is 246 g/mol. The standard InChI is InChI=1S/C13H21N3OS/c1-2-13(5-3-6-14-9-13)12(17)15-7-4-11-8-18-10-16-11/h8,10,14H,2-7,9H2,1H3,(H,15,17). The Morgan fingerprint density at radius 2 is 2.56 bits per heavy atom. The molecule has 1 fully saturated rings. The summed E-state index contributed by atoms with van der Waals surface area (Å²) >= 11 is 1.60. The number of carbonyl (C=O) groups is 1. The first-order chi connectivity index (χ1) is 8.77. The first-order valence-corrected chi connectivity index (χ1v) is 7.57. The molecule has 5 heteroatoms. The molecule has 1 aromatic heterocycles. The third-order valence-corrected chi connectivity index (χ3v) is 4.42. The molecule has 0 spiro atoms. The van der Waals surface area contributed by atoms with Gasteiger partial charge in [-0.2, -0.15) is 0 Å². The van der Waals surface area contributed by atoms with E-state index in [1.165, 1.54) is 0 Å². The zero-order valence-electron chi connectivity index (χ0n) is 10.9. The second-order valence-corrected chi connectivity index (χ2v) is 5.62. The first-order valence-electron chi connectivity index (χ1n) is 6.63. The molecule has 2 heterocycles. The fourth-order valence-electron chi connectivity index (χ4n) is 2.48. The van der Waals surface area contributed by atoms with Crippen LogP contribution in [0.5, 0.6) is 0 Å². The number of nitrogens with zero attached hydrogens (tertiary/aromatic N) is 1. The molecule has 1 unspecified atom stereocenters. The van der Waals surface area contributed by atoms with Crippen molar-refractivity contribution in [1.82, 2.24) is 15.6 Å². The molecule has 100 valence electrons.